The number of esters is 1. The molecule has 31 heavy (non-hydrogen) atoms. The SMILES string of the molecule is CCOC(=O)c1c(NC(=O)Cc2ccc([N+](=O)[O-])cc2)sc(C(=O)N(CC)CC)c1C. The van der Waals surface area contributed by atoms with Crippen molar-refractivity contribution in [1.29, 1.82) is 0 Å². The molecule has 1 heterocycles. The minimum atomic E-state index is -0.611. The summed E-state index contributed by atoms with van der Waals surface area (Å²) >= 11 is 1.04. The number of nitrogens with one attached hydrogen (secondary N) is 1. The number of benzene rings is 1. The second-order valence-corrected chi connectivity index (χ2v) is 7.63. The molecule has 0 radical (unpaired) electrons. The van der Waals surface area contributed by atoms with Crippen molar-refractivity contribution < 1.29 is 24.0 Å². The maximum atomic E-state index is 12.9. The normalized spacial score (nSPS) is 10.5. The van der Waals surface area contributed by atoms with Crippen LogP contribution < -0.4 is 5.32 Å². The van der Waals surface area contributed by atoms with Crippen molar-refractivity contribution >= 4 is 39.8 Å². The van der Waals surface area contributed by atoms with E-state index in [9.17, 15) is 24.5 Å². The summed E-state index contributed by atoms with van der Waals surface area (Å²) in [6.45, 7) is 8.25. The number of nitro groups is 1. The Kier molecular flexibility index (Phi) is 8.26. The first kappa shape index (κ1) is 24.0. The molecule has 0 spiro atoms. The highest BCUT2D eigenvalue weighted by atomic mass is 32.1. The molecule has 0 aliphatic carbocycles. The van der Waals surface area contributed by atoms with Gasteiger partial charge in [-0.3, -0.25) is 19.7 Å². The Morgan fingerprint density at radius 2 is 1.74 bits per heavy atom. The number of ether oxygens (including phenoxy) is 1. The number of hydrogen-bond donors (Lipinski definition) is 1. The zero-order valence-electron chi connectivity index (χ0n) is 17.9. The van der Waals surface area contributed by atoms with Gasteiger partial charge < -0.3 is 15.0 Å². The molecule has 2 aromatic rings. The topological polar surface area (TPSA) is 119 Å². The van der Waals surface area contributed by atoms with Crippen molar-refractivity contribution in [2.24, 2.45) is 0 Å². The molecule has 0 saturated heterocycles. The second kappa shape index (κ2) is 10.7. The van der Waals surface area contributed by atoms with Gasteiger partial charge in [-0.25, -0.2) is 4.79 Å². The van der Waals surface area contributed by atoms with Crippen molar-refractivity contribution in [3.8, 4) is 0 Å². The second-order valence-electron chi connectivity index (χ2n) is 6.61. The minimum absolute atomic E-state index is 0.0451. The van der Waals surface area contributed by atoms with Crippen LogP contribution in [0.2, 0.25) is 0 Å². The summed E-state index contributed by atoms with van der Waals surface area (Å²) in [6, 6.07) is 5.64. The first-order chi connectivity index (χ1) is 14.7. The number of hydrogen-bond acceptors (Lipinski definition) is 7. The predicted octanol–water partition coefficient (Wildman–Crippen LogP) is 3.80. The van der Waals surface area contributed by atoms with Gasteiger partial charge in [0.25, 0.3) is 11.6 Å². The number of anilines is 1. The first-order valence-corrected chi connectivity index (χ1v) is 10.7. The van der Waals surface area contributed by atoms with E-state index in [4.69, 9.17) is 4.74 Å². The van der Waals surface area contributed by atoms with E-state index in [0.717, 1.165) is 11.3 Å². The monoisotopic (exact) mass is 447 g/mol. The molecule has 1 aromatic carbocycles. The van der Waals surface area contributed by atoms with Crippen molar-refractivity contribution in [2.75, 3.05) is 25.0 Å². The van der Waals surface area contributed by atoms with E-state index in [-0.39, 0.29) is 35.2 Å². The average Bonchev–Trinajstić information content (AvgIpc) is 3.05. The molecule has 2 rings (SSSR count). The lowest BCUT2D eigenvalue weighted by atomic mass is 10.1. The molecule has 1 aromatic heterocycles. The Bertz CT molecular complexity index is 980. The van der Waals surface area contributed by atoms with Crippen LogP contribution in [0.4, 0.5) is 10.7 Å². The van der Waals surface area contributed by atoms with Crippen molar-refractivity contribution in [1.82, 2.24) is 4.90 Å². The van der Waals surface area contributed by atoms with Crippen molar-refractivity contribution in [2.45, 2.75) is 34.1 Å². The lowest BCUT2D eigenvalue weighted by molar-refractivity contribution is -0.384. The molecule has 0 saturated carbocycles. The third-order valence-electron chi connectivity index (χ3n) is 4.64. The summed E-state index contributed by atoms with van der Waals surface area (Å²) in [5.41, 5.74) is 1.14. The molecule has 0 aliphatic rings. The summed E-state index contributed by atoms with van der Waals surface area (Å²) in [5.74, 6) is -1.24. The molecule has 0 unspecified atom stereocenters. The van der Waals surface area contributed by atoms with Crippen LogP contribution in [0.5, 0.6) is 0 Å². The van der Waals surface area contributed by atoms with Crippen molar-refractivity contribution in [3.05, 3.63) is 55.9 Å². The zero-order chi connectivity index (χ0) is 23.1. The van der Waals surface area contributed by atoms with Gasteiger partial charge in [-0.15, -0.1) is 11.3 Å². The minimum Gasteiger partial charge on any atom is -0.462 e. The Morgan fingerprint density at radius 1 is 1.13 bits per heavy atom. The van der Waals surface area contributed by atoms with Crippen LogP contribution in [-0.2, 0) is 16.0 Å². The fourth-order valence-corrected chi connectivity index (χ4v) is 4.18. The fraction of sp³-hybridized carbons (Fsp3) is 0.381. The number of thiophene rings is 1. The lowest BCUT2D eigenvalue weighted by Crippen LogP contribution is -2.30. The van der Waals surface area contributed by atoms with Gasteiger partial charge in [0, 0.05) is 25.2 Å². The molecule has 0 bridgehead atoms. The maximum absolute atomic E-state index is 12.9. The molecule has 9 nitrogen and oxygen atoms in total. The van der Waals surface area contributed by atoms with E-state index in [1.165, 1.54) is 24.3 Å². The number of nitro benzene ring substituents is 1. The third kappa shape index (κ3) is 5.66. The number of rotatable bonds is 9. The Morgan fingerprint density at radius 3 is 2.26 bits per heavy atom. The van der Waals surface area contributed by atoms with Crippen molar-refractivity contribution in [3.63, 3.8) is 0 Å². The highest BCUT2D eigenvalue weighted by Crippen LogP contribution is 2.34. The van der Waals surface area contributed by atoms with E-state index >= 15 is 0 Å². The molecular weight excluding hydrogens is 422 g/mol. The molecule has 166 valence electrons. The Balaban J connectivity index is 2.31. The number of carbonyl (C=O) groups excluding carboxylic acids is 3. The largest absolute Gasteiger partial charge is 0.462 e. The van der Waals surface area contributed by atoms with E-state index < -0.39 is 16.8 Å². The van der Waals surface area contributed by atoms with Crippen LogP contribution in [0.3, 0.4) is 0 Å². The van der Waals surface area contributed by atoms with E-state index in [1.54, 1.807) is 18.7 Å². The maximum Gasteiger partial charge on any atom is 0.341 e. The first-order valence-electron chi connectivity index (χ1n) is 9.86. The molecular formula is C21H25N3O6S. The van der Waals surface area contributed by atoms with Crippen LogP contribution in [0.15, 0.2) is 24.3 Å². The standard InChI is InChI=1S/C21H25N3O6S/c1-5-23(6-2)20(26)18-13(4)17(21(27)30-7-3)19(31-18)22-16(25)12-14-8-10-15(11-9-14)24(28)29/h8-11H,5-7,12H2,1-4H3,(H,22,25). The zero-order valence-corrected chi connectivity index (χ0v) is 18.7. The van der Waals surface area contributed by atoms with Crippen LogP contribution in [0.25, 0.3) is 0 Å². The summed E-state index contributed by atoms with van der Waals surface area (Å²) in [6.07, 6.45) is -0.0451. The fourth-order valence-electron chi connectivity index (χ4n) is 3.00. The van der Waals surface area contributed by atoms with Crippen LogP contribution in [0, 0.1) is 17.0 Å². The molecule has 1 N–H and O–H groups in total. The Hall–Kier alpha value is -3.27. The van der Waals surface area contributed by atoms with Gasteiger partial charge >= 0.3 is 5.97 Å². The van der Waals surface area contributed by atoms with Crippen LogP contribution >= 0.6 is 11.3 Å². The summed E-state index contributed by atoms with van der Waals surface area (Å²) < 4.78 is 5.12. The average molecular weight is 448 g/mol. The number of nitrogens with zero attached hydrogens (tertiary/aromatic N) is 2. The molecule has 0 atom stereocenters. The molecule has 0 aliphatic heterocycles. The van der Waals surface area contributed by atoms with Gasteiger partial charge in [0.05, 0.1) is 28.4 Å². The van der Waals surface area contributed by atoms with Gasteiger partial charge in [0.2, 0.25) is 5.91 Å². The van der Waals surface area contributed by atoms with Crippen LogP contribution in [-0.4, -0.2) is 47.3 Å². The predicted molar refractivity (Wildman–Crippen MR) is 118 cm³/mol. The van der Waals surface area contributed by atoms with Gasteiger partial charge in [-0.05, 0) is 38.8 Å². The highest BCUT2D eigenvalue weighted by Gasteiger charge is 2.28. The smallest absolute Gasteiger partial charge is 0.341 e. The quantitative estimate of drug-likeness (QED) is 0.355. The van der Waals surface area contributed by atoms with E-state index in [0.29, 0.717) is 29.1 Å². The molecule has 10 heteroatoms. The summed E-state index contributed by atoms with van der Waals surface area (Å²) in [7, 11) is 0. The number of non-ortho nitro benzene ring substituents is 1. The highest BCUT2D eigenvalue weighted by molar-refractivity contribution is 7.18. The summed E-state index contributed by atoms with van der Waals surface area (Å²) in [4.78, 5) is 50.2. The van der Waals surface area contributed by atoms with Gasteiger partial charge in [0.15, 0.2) is 0 Å². The third-order valence-corrected chi connectivity index (χ3v) is 5.83. The van der Waals surface area contributed by atoms with E-state index in [1.807, 2.05) is 13.8 Å². The lowest BCUT2D eigenvalue weighted by Gasteiger charge is -2.18. The van der Waals surface area contributed by atoms with Crippen LogP contribution in [0.1, 0.15) is 51.9 Å². The molecule has 0 fully saturated rings. The number of carbonyl (C=O) groups is 3. The van der Waals surface area contributed by atoms with Gasteiger partial charge in [-0.2, -0.15) is 0 Å². The Labute approximate surface area is 184 Å². The molecule has 2 amide bonds. The summed E-state index contributed by atoms with van der Waals surface area (Å²) in [5, 5.41) is 13.7. The number of amides is 2. The van der Waals surface area contributed by atoms with E-state index in [2.05, 4.69) is 5.32 Å². The van der Waals surface area contributed by atoms with Gasteiger partial charge in [-0.1, -0.05) is 12.1 Å². The van der Waals surface area contributed by atoms with Gasteiger partial charge in [0.1, 0.15) is 5.00 Å².